The molecule has 1 saturated heterocycles. The molecule has 1 fully saturated rings. The molecule has 1 rings (SSSR count). The van der Waals surface area contributed by atoms with Crippen molar-refractivity contribution >= 4 is 0 Å². The summed E-state index contributed by atoms with van der Waals surface area (Å²) in [6.45, 7) is 8.88. The Morgan fingerprint density at radius 3 is 2.81 bits per heavy atom. The minimum Gasteiger partial charge on any atom is -0.378 e. The van der Waals surface area contributed by atoms with Gasteiger partial charge >= 0.3 is 0 Å². The fourth-order valence-electron chi connectivity index (χ4n) is 1.97. The van der Waals surface area contributed by atoms with Crippen LogP contribution in [-0.2, 0) is 4.74 Å². The van der Waals surface area contributed by atoms with E-state index in [9.17, 15) is 0 Å². The summed E-state index contributed by atoms with van der Waals surface area (Å²) in [5, 5.41) is 3.50. The molecule has 3 nitrogen and oxygen atoms in total. The summed E-state index contributed by atoms with van der Waals surface area (Å²) >= 11 is 0. The van der Waals surface area contributed by atoms with E-state index in [1.54, 1.807) is 0 Å². The van der Waals surface area contributed by atoms with Crippen LogP contribution in [0.1, 0.15) is 39.5 Å². The van der Waals surface area contributed by atoms with Crippen LogP contribution in [0.4, 0.5) is 0 Å². The Labute approximate surface area is 101 Å². The van der Waals surface area contributed by atoms with Gasteiger partial charge in [0, 0.05) is 12.6 Å². The monoisotopic (exact) mass is 228 g/mol. The summed E-state index contributed by atoms with van der Waals surface area (Å²) in [7, 11) is 2.19. The first-order chi connectivity index (χ1) is 7.70. The molecule has 0 amide bonds. The van der Waals surface area contributed by atoms with Crippen LogP contribution in [0.3, 0.4) is 0 Å². The van der Waals surface area contributed by atoms with Gasteiger partial charge in [-0.05, 0) is 66.2 Å². The molecule has 1 aliphatic heterocycles. The zero-order valence-electron chi connectivity index (χ0n) is 11.2. The van der Waals surface area contributed by atoms with Crippen LogP contribution in [-0.4, -0.2) is 50.3 Å². The molecule has 1 aliphatic rings. The third-order valence-corrected chi connectivity index (χ3v) is 3.41. The van der Waals surface area contributed by atoms with Crippen LogP contribution >= 0.6 is 0 Å². The van der Waals surface area contributed by atoms with Crippen LogP contribution in [0.15, 0.2) is 0 Å². The lowest BCUT2D eigenvalue weighted by Gasteiger charge is -2.20. The highest BCUT2D eigenvalue weighted by Gasteiger charge is 2.14. The quantitative estimate of drug-likeness (QED) is 0.642. The molecule has 0 saturated carbocycles. The summed E-state index contributed by atoms with van der Waals surface area (Å²) in [6.07, 6.45) is 5.47. The Kier molecular flexibility index (Phi) is 7.01. The minimum atomic E-state index is 0.533. The normalized spacial score (nSPS) is 21.2. The van der Waals surface area contributed by atoms with Crippen molar-refractivity contribution in [3.63, 3.8) is 0 Å². The first-order valence-electron chi connectivity index (χ1n) is 6.72. The summed E-state index contributed by atoms with van der Waals surface area (Å²) in [6, 6.07) is 0.659. The fraction of sp³-hybridized carbons (Fsp3) is 1.00. The van der Waals surface area contributed by atoms with Gasteiger partial charge in [0.2, 0.25) is 0 Å². The largest absolute Gasteiger partial charge is 0.378 e. The summed E-state index contributed by atoms with van der Waals surface area (Å²) in [5.41, 5.74) is 0. The molecule has 3 heteroatoms. The molecular weight excluding hydrogens is 200 g/mol. The maximum absolute atomic E-state index is 5.58. The second kappa shape index (κ2) is 8.04. The molecular formula is C13H28N2O. The Morgan fingerprint density at radius 1 is 1.38 bits per heavy atom. The van der Waals surface area contributed by atoms with E-state index >= 15 is 0 Å². The van der Waals surface area contributed by atoms with Gasteiger partial charge in [-0.1, -0.05) is 0 Å². The molecule has 0 aromatic rings. The van der Waals surface area contributed by atoms with E-state index in [-0.39, 0.29) is 0 Å². The van der Waals surface area contributed by atoms with Crippen molar-refractivity contribution in [3.05, 3.63) is 0 Å². The van der Waals surface area contributed by atoms with Gasteiger partial charge in [-0.25, -0.2) is 0 Å². The number of nitrogens with one attached hydrogen (secondary N) is 1. The fourth-order valence-corrected chi connectivity index (χ4v) is 1.97. The summed E-state index contributed by atoms with van der Waals surface area (Å²) < 4.78 is 5.58. The van der Waals surface area contributed by atoms with Crippen LogP contribution < -0.4 is 5.32 Å². The molecule has 1 atom stereocenters. The number of hydrogen-bond acceptors (Lipinski definition) is 3. The van der Waals surface area contributed by atoms with E-state index < -0.39 is 0 Å². The molecule has 16 heavy (non-hydrogen) atoms. The van der Waals surface area contributed by atoms with Gasteiger partial charge in [-0.2, -0.15) is 0 Å². The second-order valence-corrected chi connectivity index (χ2v) is 5.10. The molecule has 0 bridgehead atoms. The van der Waals surface area contributed by atoms with E-state index in [2.05, 4.69) is 31.1 Å². The molecule has 1 heterocycles. The lowest BCUT2D eigenvalue weighted by atomic mass is 10.2. The lowest BCUT2D eigenvalue weighted by molar-refractivity contribution is 0.104. The van der Waals surface area contributed by atoms with Gasteiger partial charge in [-0.3, -0.25) is 0 Å². The number of rotatable bonds is 8. The second-order valence-electron chi connectivity index (χ2n) is 5.10. The average molecular weight is 228 g/mol. The predicted molar refractivity (Wildman–Crippen MR) is 68.8 cm³/mol. The maximum Gasteiger partial charge on any atom is 0.0588 e. The zero-order chi connectivity index (χ0) is 11.8. The Morgan fingerprint density at radius 2 is 2.19 bits per heavy atom. The van der Waals surface area contributed by atoms with Crippen molar-refractivity contribution in [2.75, 3.05) is 33.3 Å². The van der Waals surface area contributed by atoms with E-state index in [1.807, 2.05) is 0 Å². The lowest BCUT2D eigenvalue weighted by Crippen LogP contribution is -2.30. The van der Waals surface area contributed by atoms with E-state index in [0.717, 1.165) is 19.7 Å². The molecule has 0 radical (unpaired) electrons. The third kappa shape index (κ3) is 5.83. The molecule has 0 spiro atoms. The molecule has 96 valence electrons. The van der Waals surface area contributed by atoms with E-state index in [1.165, 1.54) is 32.2 Å². The van der Waals surface area contributed by atoms with Crippen molar-refractivity contribution in [2.24, 2.45) is 0 Å². The number of ether oxygens (including phenoxy) is 1. The molecule has 0 aromatic carbocycles. The first kappa shape index (κ1) is 13.9. The highest BCUT2D eigenvalue weighted by molar-refractivity contribution is 4.66. The van der Waals surface area contributed by atoms with Gasteiger partial charge in [0.1, 0.15) is 0 Å². The number of hydrogen-bond donors (Lipinski definition) is 1. The van der Waals surface area contributed by atoms with Crippen LogP contribution in [0.5, 0.6) is 0 Å². The highest BCUT2D eigenvalue weighted by Crippen LogP contribution is 2.14. The third-order valence-electron chi connectivity index (χ3n) is 3.41. The summed E-state index contributed by atoms with van der Waals surface area (Å²) in [4.78, 5) is 2.39. The maximum atomic E-state index is 5.58. The number of nitrogens with zero attached hydrogens (tertiary/aromatic N) is 1. The standard InChI is InChI=1S/C13H28N2O/c1-12(2)15(3)10-5-8-14-9-7-13-6-4-11-16-13/h12-14H,4-11H2,1-3H3. The molecule has 1 N–H and O–H groups in total. The molecule has 1 unspecified atom stereocenters. The highest BCUT2D eigenvalue weighted by atomic mass is 16.5. The van der Waals surface area contributed by atoms with Crippen LogP contribution in [0.2, 0.25) is 0 Å². The topological polar surface area (TPSA) is 24.5 Å². The SMILES string of the molecule is CC(C)N(C)CCCNCCC1CCCO1. The first-order valence-corrected chi connectivity index (χ1v) is 6.72. The van der Waals surface area contributed by atoms with Crippen molar-refractivity contribution in [1.29, 1.82) is 0 Å². The van der Waals surface area contributed by atoms with Gasteiger partial charge in [0.25, 0.3) is 0 Å². The average Bonchev–Trinajstić information content (AvgIpc) is 2.75. The van der Waals surface area contributed by atoms with Crippen molar-refractivity contribution < 1.29 is 4.74 Å². The van der Waals surface area contributed by atoms with Crippen LogP contribution in [0.25, 0.3) is 0 Å². The van der Waals surface area contributed by atoms with Crippen molar-refractivity contribution in [1.82, 2.24) is 10.2 Å². The van der Waals surface area contributed by atoms with Gasteiger partial charge in [-0.15, -0.1) is 0 Å². The van der Waals surface area contributed by atoms with Gasteiger partial charge in [0.15, 0.2) is 0 Å². The molecule has 0 aromatic heterocycles. The Balaban J connectivity index is 1.84. The smallest absolute Gasteiger partial charge is 0.0588 e. The van der Waals surface area contributed by atoms with Crippen molar-refractivity contribution in [3.8, 4) is 0 Å². The zero-order valence-corrected chi connectivity index (χ0v) is 11.2. The summed E-state index contributed by atoms with van der Waals surface area (Å²) in [5.74, 6) is 0. The Hall–Kier alpha value is -0.120. The van der Waals surface area contributed by atoms with Crippen LogP contribution in [0, 0.1) is 0 Å². The minimum absolute atomic E-state index is 0.533. The molecule has 0 aliphatic carbocycles. The van der Waals surface area contributed by atoms with E-state index in [0.29, 0.717) is 12.1 Å². The van der Waals surface area contributed by atoms with Gasteiger partial charge in [0.05, 0.1) is 6.10 Å². The van der Waals surface area contributed by atoms with Crippen molar-refractivity contribution in [2.45, 2.75) is 51.7 Å². The Bertz CT molecular complexity index is 161. The predicted octanol–water partition coefficient (Wildman–Crippen LogP) is 1.88. The van der Waals surface area contributed by atoms with E-state index in [4.69, 9.17) is 4.74 Å². The van der Waals surface area contributed by atoms with Gasteiger partial charge < -0.3 is 15.0 Å².